The number of primary sulfonamides is 1. The smallest absolute Gasteiger partial charge is 0.238 e. The van der Waals surface area contributed by atoms with Crippen molar-refractivity contribution in [1.82, 2.24) is 10.6 Å². The Hall–Kier alpha value is -2.62. The highest BCUT2D eigenvalue weighted by molar-refractivity contribution is 7.89. The Morgan fingerprint density at radius 3 is 2.45 bits per heavy atom. The van der Waals surface area contributed by atoms with Gasteiger partial charge in [-0.1, -0.05) is 18.2 Å². The number of nitrogens with two attached hydrogens (primary N) is 1. The second-order valence-electron chi connectivity index (χ2n) is 6.97. The van der Waals surface area contributed by atoms with Crippen LogP contribution in [0.5, 0.6) is 11.5 Å². The Bertz CT molecular complexity index is 979. The van der Waals surface area contributed by atoms with Crippen LogP contribution in [0.4, 0.5) is 0 Å². The van der Waals surface area contributed by atoms with E-state index in [1.807, 2.05) is 39.0 Å². The van der Waals surface area contributed by atoms with E-state index in [1.54, 1.807) is 12.1 Å². The van der Waals surface area contributed by atoms with Gasteiger partial charge in [-0.05, 0) is 62.6 Å². The summed E-state index contributed by atoms with van der Waals surface area (Å²) in [5, 5.41) is 11.1. The van der Waals surface area contributed by atoms with Gasteiger partial charge in [0.25, 0.3) is 0 Å². The van der Waals surface area contributed by atoms with Crippen LogP contribution >= 0.6 is 0 Å². The zero-order valence-electron chi connectivity index (χ0n) is 18.2. The molecule has 0 saturated carbocycles. The molecule has 0 heterocycles. The summed E-state index contributed by atoms with van der Waals surface area (Å²) >= 11 is 0. The maximum Gasteiger partial charge on any atom is 0.238 e. The molecule has 31 heavy (non-hydrogen) atoms. The van der Waals surface area contributed by atoms with Gasteiger partial charge in [-0.2, -0.15) is 0 Å². The Kier molecular flexibility index (Phi) is 9.29. The van der Waals surface area contributed by atoms with Crippen molar-refractivity contribution in [3.8, 4) is 11.5 Å². The molecule has 0 aliphatic carbocycles. The standard InChI is InChI=1S/C22H31N3O5S/c1-4-29-20-10-9-17(13-21(20)30-5-2)11-12-24-22(26)15-25-16(3)18-7-6-8-19(14-18)31(23,27)28/h6-10,13-14,16,25H,4-5,11-12,15H2,1-3H3,(H,24,26)(H2,23,27,28)/t16-/m0/s1. The number of carbonyl (C=O) groups is 1. The fourth-order valence-corrected chi connectivity index (χ4v) is 3.55. The van der Waals surface area contributed by atoms with Crippen molar-refractivity contribution in [3.63, 3.8) is 0 Å². The van der Waals surface area contributed by atoms with Crippen molar-refractivity contribution in [2.24, 2.45) is 5.14 Å². The van der Waals surface area contributed by atoms with E-state index in [9.17, 15) is 13.2 Å². The first-order valence-corrected chi connectivity index (χ1v) is 11.8. The lowest BCUT2D eigenvalue weighted by Crippen LogP contribution is -2.36. The SMILES string of the molecule is CCOc1ccc(CCNC(=O)CN[C@@H](C)c2cccc(S(N)(=O)=O)c2)cc1OCC. The number of hydrogen-bond donors (Lipinski definition) is 3. The molecule has 2 aromatic rings. The first-order chi connectivity index (χ1) is 14.7. The molecular formula is C22H31N3O5S. The van der Waals surface area contributed by atoms with Gasteiger partial charge in [0.2, 0.25) is 15.9 Å². The van der Waals surface area contributed by atoms with E-state index in [2.05, 4.69) is 10.6 Å². The third-order valence-electron chi connectivity index (χ3n) is 4.60. The van der Waals surface area contributed by atoms with Gasteiger partial charge in [0.15, 0.2) is 11.5 Å². The molecular weight excluding hydrogens is 418 g/mol. The minimum atomic E-state index is -3.77. The van der Waals surface area contributed by atoms with Crippen molar-refractivity contribution in [2.45, 2.75) is 38.1 Å². The molecule has 1 atom stereocenters. The Balaban J connectivity index is 1.83. The number of nitrogens with one attached hydrogen (secondary N) is 2. The lowest BCUT2D eigenvalue weighted by atomic mass is 10.1. The average molecular weight is 450 g/mol. The van der Waals surface area contributed by atoms with Gasteiger partial charge in [-0.3, -0.25) is 4.79 Å². The van der Waals surface area contributed by atoms with Gasteiger partial charge in [0.1, 0.15) is 0 Å². The maximum absolute atomic E-state index is 12.2. The third kappa shape index (κ3) is 7.86. The van der Waals surface area contributed by atoms with E-state index in [4.69, 9.17) is 14.6 Å². The van der Waals surface area contributed by atoms with Crippen LogP contribution in [0.2, 0.25) is 0 Å². The van der Waals surface area contributed by atoms with Gasteiger partial charge in [0.05, 0.1) is 24.7 Å². The van der Waals surface area contributed by atoms with Gasteiger partial charge in [0, 0.05) is 12.6 Å². The topological polar surface area (TPSA) is 120 Å². The lowest BCUT2D eigenvalue weighted by molar-refractivity contribution is -0.120. The van der Waals surface area contributed by atoms with Crippen molar-refractivity contribution >= 4 is 15.9 Å². The van der Waals surface area contributed by atoms with Gasteiger partial charge in [-0.15, -0.1) is 0 Å². The second kappa shape index (κ2) is 11.7. The van der Waals surface area contributed by atoms with Crippen LogP contribution in [-0.2, 0) is 21.2 Å². The molecule has 9 heteroatoms. The monoisotopic (exact) mass is 449 g/mol. The van der Waals surface area contributed by atoms with Crippen LogP contribution in [0, 0.1) is 0 Å². The predicted octanol–water partition coefficient (Wildman–Crippen LogP) is 2.14. The Labute approximate surface area is 184 Å². The average Bonchev–Trinajstić information content (AvgIpc) is 2.73. The van der Waals surface area contributed by atoms with Crippen LogP contribution in [0.15, 0.2) is 47.4 Å². The maximum atomic E-state index is 12.2. The minimum absolute atomic E-state index is 0.0462. The largest absolute Gasteiger partial charge is 0.490 e. The molecule has 0 bridgehead atoms. The lowest BCUT2D eigenvalue weighted by Gasteiger charge is -2.15. The first-order valence-electron chi connectivity index (χ1n) is 10.3. The summed E-state index contributed by atoms with van der Waals surface area (Å²) in [6.45, 7) is 7.39. The molecule has 0 unspecified atom stereocenters. The van der Waals surface area contributed by atoms with Crippen LogP contribution in [0.3, 0.4) is 0 Å². The molecule has 8 nitrogen and oxygen atoms in total. The highest BCUT2D eigenvalue weighted by atomic mass is 32.2. The number of amides is 1. The van der Waals surface area contributed by atoms with Crippen LogP contribution < -0.4 is 25.2 Å². The first kappa shape index (κ1) is 24.6. The molecule has 0 aromatic heterocycles. The van der Waals surface area contributed by atoms with Crippen molar-refractivity contribution < 1.29 is 22.7 Å². The van der Waals surface area contributed by atoms with Crippen molar-refractivity contribution in [2.75, 3.05) is 26.3 Å². The van der Waals surface area contributed by atoms with E-state index in [1.165, 1.54) is 12.1 Å². The molecule has 0 saturated heterocycles. The molecule has 2 rings (SSSR count). The Morgan fingerprint density at radius 1 is 1.06 bits per heavy atom. The summed E-state index contributed by atoms with van der Waals surface area (Å²) in [6.07, 6.45) is 0.657. The van der Waals surface area contributed by atoms with Crippen LogP contribution in [-0.4, -0.2) is 40.6 Å². The number of rotatable bonds is 12. The predicted molar refractivity (Wildman–Crippen MR) is 120 cm³/mol. The number of benzene rings is 2. The molecule has 0 aliphatic heterocycles. The summed E-state index contributed by atoms with van der Waals surface area (Å²) in [6, 6.07) is 11.9. The number of sulfonamides is 1. The van der Waals surface area contributed by atoms with E-state index >= 15 is 0 Å². The van der Waals surface area contributed by atoms with Crippen LogP contribution in [0.1, 0.15) is 37.9 Å². The zero-order chi connectivity index (χ0) is 22.9. The molecule has 170 valence electrons. The molecule has 4 N–H and O–H groups in total. The van der Waals surface area contributed by atoms with E-state index in [-0.39, 0.29) is 23.4 Å². The molecule has 0 fully saturated rings. The highest BCUT2D eigenvalue weighted by Gasteiger charge is 2.12. The van der Waals surface area contributed by atoms with E-state index < -0.39 is 10.0 Å². The fraction of sp³-hybridized carbons (Fsp3) is 0.409. The summed E-state index contributed by atoms with van der Waals surface area (Å²) in [7, 11) is -3.77. The zero-order valence-corrected chi connectivity index (χ0v) is 19.0. The normalized spacial score (nSPS) is 12.3. The quantitative estimate of drug-likeness (QED) is 0.457. The number of hydrogen-bond acceptors (Lipinski definition) is 6. The van der Waals surface area contributed by atoms with Gasteiger partial charge < -0.3 is 20.1 Å². The highest BCUT2D eigenvalue weighted by Crippen LogP contribution is 2.28. The van der Waals surface area contributed by atoms with E-state index in [0.29, 0.717) is 37.7 Å². The molecule has 0 aliphatic rings. The Morgan fingerprint density at radius 2 is 1.77 bits per heavy atom. The molecule has 0 radical (unpaired) electrons. The van der Waals surface area contributed by atoms with Gasteiger partial charge in [-0.25, -0.2) is 13.6 Å². The van der Waals surface area contributed by atoms with Gasteiger partial charge >= 0.3 is 0 Å². The summed E-state index contributed by atoms with van der Waals surface area (Å²) in [5.74, 6) is 1.26. The van der Waals surface area contributed by atoms with Crippen molar-refractivity contribution in [3.05, 3.63) is 53.6 Å². The second-order valence-corrected chi connectivity index (χ2v) is 8.53. The third-order valence-corrected chi connectivity index (χ3v) is 5.51. The minimum Gasteiger partial charge on any atom is -0.490 e. The number of ether oxygens (including phenoxy) is 2. The summed E-state index contributed by atoms with van der Waals surface area (Å²) in [4.78, 5) is 12.2. The summed E-state index contributed by atoms with van der Waals surface area (Å²) < 4.78 is 34.2. The van der Waals surface area contributed by atoms with Crippen molar-refractivity contribution in [1.29, 1.82) is 0 Å². The fourth-order valence-electron chi connectivity index (χ4n) is 2.98. The van der Waals surface area contributed by atoms with E-state index in [0.717, 1.165) is 11.1 Å². The molecule has 1 amide bonds. The molecule has 0 spiro atoms. The summed E-state index contributed by atoms with van der Waals surface area (Å²) in [5.41, 5.74) is 1.77. The molecule has 2 aromatic carbocycles. The van der Waals surface area contributed by atoms with Crippen LogP contribution in [0.25, 0.3) is 0 Å². The number of carbonyl (C=O) groups excluding carboxylic acids is 1.